The zero-order chi connectivity index (χ0) is 9.23. The summed E-state index contributed by atoms with van der Waals surface area (Å²) < 4.78 is 8.58. The smallest absolute Gasteiger partial charge is 0.431 e. The van der Waals surface area contributed by atoms with E-state index in [1.165, 1.54) is 0 Å². The van der Waals surface area contributed by atoms with Crippen LogP contribution >= 0.6 is 0 Å². The van der Waals surface area contributed by atoms with Crippen molar-refractivity contribution in [3.05, 3.63) is 0 Å². The molecule has 1 fully saturated rings. The Bertz CT molecular complexity index is 192. The fourth-order valence-electron chi connectivity index (χ4n) is 0.403. The van der Waals surface area contributed by atoms with E-state index in [0.29, 0.717) is 26.1 Å². The van der Waals surface area contributed by atoms with Crippen LogP contribution in [0.1, 0.15) is 12.8 Å². The van der Waals surface area contributed by atoms with Gasteiger partial charge in [0.05, 0.1) is 12.1 Å². The molecule has 0 aromatic rings. The highest BCUT2D eigenvalue weighted by Gasteiger charge is 2.09. The SMILES string of the molecule is N#CCCC#N.O=C1OCCO1. The van der Waals surface area contributed by atoms with Crippen LogP contribution in [-0.4, -0.2) is 19.4 Å². The molecule has 1 saturated heterocycles. The molecule has 12 heavy (non-hydrogen) atoms. The summed E-state index contributed by atoms with van der Waals surface area (Å²) in [6.45, 7) is 0.831. The van der Waals surface area contributed by atoms with E-state index in [1.54, 1.807) is 0 Å². The van der Waals surface area contributed by atoms with Crippen molar-refractivity contribution in [2.75, 3.05) is 13.2 Å². The first-order valence-electron chi connectivity index (χ1n) is 3.34. The van der Waals surface area contributed by atoms with E-state index in [2.05, 4.69) is 9.47 Å². The molecular formula is C7H8N2O3. The van der Waals surface area contributed by atoms with Crippen LogP contribution in [-0.2, 0) is 9.47 Å². The molecule has 0 spiro atoms. The molecule has 0 amide bonds. The molecule has 0 N–H and O–H groups in total. The quantitative estimate of drug-likeness (QED) is 0.430. The van der Waals surface area contributed by atoms with Gasteiger partial charge in [-0.1, -0.05) is 0 Å². The Balaban J connectivity index is 0.000000202. The number of hydrogen-bond acceptors (Lipinski definition) is 5. The minimum atomic E-state index is -0.546. The number of carbonyl (C=O) groups is 1. The number of nitriles is 2. The van der Waals surface area contributed by atoms with Gasteiger partial charge in [0.1, 0.15) is 13.2 Å². The van der Waals surface area contributed by atoms with Gasteiger partial charge in [0.15, 0.2) is 0 Å². The van der Waals surface area contributed by atoms with Crippen LogP contribution in [0.2, 0.25) is 0 Å². The van der Waals surface area contributed by atoms with Gasteiger partial charge in [-0.2, -0.15) is 10.5 Å². The van der Waals surface area contributed by atoms with Crippen LogP contribution in [0, 0.1) is 22.7 Å². The minimum Gasteiger partial charge on any atom is -0.431 e. The highest BCUT2D eigenvalue weighted by atomic mass is 16.8. The van der Waals surface area contributed by atoms with Crippen LogP contribution in [0.25, 0.3) is 0 Å². The second-order valence-electron chi connectivity index (χ2n) is 1.76. The van der Waals surface area contributed by atoms with Crippen LogP contribution in [0.3, 0.4) is 0 Å². The minimum absolute atomic E-state index is 0.358. The number of unbranched alkanes of at least 4 members (excludes halogenated alkanes) is 1. The van der Waals surface area contributed by atoms with Gasteiger partial charge in [-0.25, -0.2) is 4.79 Å². The van der Waals surface area contributed by atoms with Gasteiger partial charge in [0, 0.05) is 12.8 Å². The van der Waals surface area contributed by atoms with Gasteiger partial charge in [-0.05, 0) is 0 Å². The van der Waals surface area contributed by atoms with Crippen LogP contribution in [0.4, 0.5) is 4.79 Å². The second-order valence-corrected chi connectivity index (χ2v) is 1.76. The van der Waals surface area contributed by atoms with Gasteiger partial charge in [-0.3, -0.25) is 0 Å². The molecule has 1 heterocycles. The van der Waals surface area contributed by atoms with Crippen LogP contribution in [0.15, 0.2) is 0 Å². The molecule has 64 valence electrons. The molecule has 0 radical (unpaired) electrons. The predicted molar refractivity (Wildman–Crippen MR) is 37.8 cm³/mol. The normalized spacial score (nSPS) is 12.7. The molecule has 0 bridgehead atoms. The summed E-state index contributed by atoms with van der Waals surface area (Å²) in [7, 11) is 0. The monoisotopic (exact) mass is 168 g/mol. The molecule has 0 unspecified atom stereocenters. The maximum absolute atomic E-state index is 9.80. The van der Waals surface area contributed by atoms with E-state index in [0.717, 1.165) is 0 Å². The predicted octanol–water partition coefficient (Wildman–Crippen LogP) is 0.967. The third-order valence-electron chi connectivity index (χ3n) is 0.872. The third kappa shape index (κ3) is 6.37. The zero-order valence-electron chi connectivity index (χ0n) is 6.45. The van der Waals surface area contributed by atoms with Gasteiger partial charge < -0.3 is 9.47 Å². The summed E-state index contributed by atoms with van der Waals surface area (Å²) in [6.07, 6.45) is 0.169. The second kappa shape index (κ2) is 7.36. The lowest BCUT2D eigenvalue weighted by Crippen LogP contribution is -1.88. The van der Waals surface area contributed by atoms with Gasteiger partial charge in [0.2, 0.25) is 0 Å². The summed E-state index contributed by atoms with van der Waals surface area (Å²) in [5.74, 6) is 0. The number of cyclic esters (lactones) is 2. The highest BCUT2D eigenvalue weighted by molar-refractivity contribution is 5.61. The Labute approximate surface area is 70.1 Å². The zero-order valence-corrected chi connectivity index (χ0v) is 6.45. The maximum Gasteiger partial charge on any atom is 0.508 e. The topological polar surface area (TPSA) is 83.1 Å². The Kier molecular flexibility index (Phi) is 6.29. The summed E-state index contributed by atoms with van der Waals surface area (Å²) in [4.78, 5) is 9.80. The number of nitrogens with zero attached hydrogens (tertiary/aromatic N) is 2. The molecule has 1 aliphatic rings. The lowest BCUT2D eigenvalue weighted by Gasteiger charge is -1.78. The average Bonchev–Trinajstić information content (AvgIpc) is 2.53. The molecule has 0 saturated carbocycles. The van der Waals surface area contributed by atoms with Crippen molar-refractivity contribution in [3.63, 3.8) is 0 Å². The summed E-state index contributed by atoms with van der Waals surface area (Å²) >= 11 is 0. The molecule has 0 aromatic carbocycles. The Morgan fingerprint density at radius 3 is 1.75 bits per heavy atom. The fraction of sp³-hybridized carbons (Fsp3) is 0.571. The van der Waals surface area contributed by atoms with E-state index >= 15 is 0 Å². The van der Waals surface area contributed by atoms with E-state index in [4.69, 9.17) is 10.5 Å². The number of hydrogen-bond donors (Lipinski definition) is 0. The first kappa shape index (κ1) is 10.2. The van der Waals surface area contributed by atoms with E-state index in [1.807, 2.05) is 12.1 Å². The Morgan fingerprint density at radius 1 is 1.17 bits per heavy atom. The maximum atomic E-state index is 9.80. The third-order valence-corrected chi connectivity index (χ3v) is 0.872. The van der Waals surface area contributed by atoms with E-state index in [9.17, 15) is 4.79 Å². The van der Waals surface area contributed by atoms with E-state index < -0.39 is 6.16 Å². The summed E-state index contributed by atoms with van der Waals surface area (Å²) in [5.41, 5.74) is 0. The molecule has 1 rings (SSSR count). The average molecular weight is 168 g/mol. The standard InChI is InChI=1S/C4H4N2.C3H4O3/c5-3-1-2-4-6;4-3-5-1-2-6-3/h2*1-2H2. The summed E-state index contributed by atoms with van der Waals surface area (Å²) in [6, 6.07) is 3.69. The highest BCUT2D eigenvalue weighted by Crippen LogP contribution is 1.92. The number of carbonyl (C=O) groups excluding carboxylic acids is 1. The Hall–Kier alpha value is -1.75. The summed E-state index contributed by atoms with van der Waals surface area (Å²) in [5, 5.41) is 15.6. The van der Waals surface area contributed by atoms with Crippen molar-refractivity contribution in [1.29, 1.82) is 10.5 Å². The fourth-order valence-corrected chi connectivity index (χ4v) is 0.403. The molecule has 0 atom stereocenters. The molecule has 5 heteroatoms. The van der Waals surface area contributed by atoms with Gasteiger partial charge in [-0.15, -0.1) is 0 Å². The molecular weight excluding hydrogens is 160 g/mol. The van der Waals surface area contributed by atoms with Crippen molar-refractivity contribution in [3.8, 4) is 12.1 Å². The van der Waals surface area contributed by atoms with Crippen molar-refractivity contribution in [1.82, 2.24) is 0 Å². The molecule has 0 aromatic heterocycles. The first-order chi connectivity index (χ1) is 5.81. The van der Waals surface area contributed by atoms with Crippen molar-refractivity contribution in [2.45, 2.75) is 12.8 Å². The molecule has 5 nitrogen and oxygen atoms in total. The van der Waals surface area contributed by atoms with Crippen molar-refractivity contribution >= 4 is 6.16 Å². The lowest BCUT2D eigenvalue weighted by atomic mass is 10.4. The first-order valence-corrected chi connectivity index (χ1v) is 3.34. The molecule has 1 aliphatic heterocycles. The van der Waals surface area contributed by atoms with Gasteiger partial charge in [0.25, 0.3) is 0 Å². The van der Waals surface area contributed by atoms with Crippen molar-refractivity contribution in [2.24, 2.45) is 0 Å². The number of rotatable bonds is 1. The van der Waals surface area contributed by atoms with Crippen LogP contribution < -0.4 is 0 Å². The van der Waals surface area contributed by atoms with Crippen LogP contribution in [0.5, 0.6) is 0 Å². The lowest BCUT2D eigenvalue weighted by molar-refractivity contribution is 0.131. The molecule has 0 aliphatic carbocycles. The number of ether oxygens (including phenoxy) is 2. The largest absolute Gasteiger partial charge is 0.508 e. The van der Waals surface area contributed by atoms with E-state index in [-0.39, 0.29) is 0 Å². The van der Waals surface area contributed by atoms with Gasteiger partial charge >= 0.3 is 6.16 Å². The van der Waals surface area contributed by atoms with Crippen molar-refractivity contribution < 1.29 is 14.3 Å². The Morgan fingerprint density at radius 2 is 1.58 bits per heavy atom.